The molecule has 0 spiro atoms. The molecule has 11 heavy (non-hydrogen) atoms. The smallest absolute Gasteiger partial charge is 0.207 e. The van der Waals surface area contributed by atoms with Gasteiger partial charge in [0.2, 0.25) is 6.54 Å². The molecule has 0 amide bonds. The van der Waals surface area contributed by atoms with Crippen molar-refractivity contribution in [3.05, 3.63) is 10.1 Å². The van der Waals surface area contributed by atoms with Gasteiger partial charge in [-0.15, -0.1) is 0 Å². The molecule has 0 N–H and O–H groups in total. The summed E-state index contributed by atoms with van der Waals surface area (Å²) in [5.41, 5.74) is 0. The predicted molar refractivity (Wildman–Crippen MR) is 40.9 cm³/mol. The molecule has 0 aliphatic carbocycles. The highest BCUT2D eigenvalue weighted by Crippen LogP contribution is 2.13. The number of nitro groups is 1. The van der Waals surface area contributed by atoms with Crippen LogP contribution in [0.1, 0.15) is 20.3 Å². The van der Waals surface area contributed by atoms with Crippen molar-refractivity contribution in [3.63, 3.8) is 0 Å². The number of hydrogen-bond donors (Lipinski definition) is 0. The van der Waals surface area contributed by atoms with E-state index in [-0.39, 0.29) is 23.3 Å². The van der Waals surface area contributed by atoms with Crippen LogP contribution in [0.5, 0.6) is 0 Å². The average Bonchev–Trinajstić information content (AvgIpc) is 1.86. The van der Waals surface area contributed by atoms with Crippen LogP contribution < -0.4 is 0 Å². The summed E-state index contributed by atoms with van der Waals surface area (Å²) in [6, 6.07) is 0. The number of carbonyl (C=O) groups is 1. The molecule has 1 atom stereocenters. The summed E-state index contributed by atoms with van der Waals surface area (Å²) < 4.78 is 0. The minimum Gasteiger partial charge on any atom is -0.303 e. The molecule has 0 aliphatic rings. The van der Waals surface area contributed by atoms with Gasteiger partial charge in [-0.1, -0.05) is 13.8 Å². The second-order valence-electron chi connectivity index (χ2n) is 2.92. The molecule has 64 valence electrons. The van der Waals surface area contributed by atoms with Crippen molar-refractivity contribution in [2.75, 3.05) is 6.54 Å². The van der Waals surface area contributed by atoms with Gasteiger partial charge in [0, 0.05) is 17.3 Å². The Morgan fingerprint density at radius 3 is 2.36 bits per heavy atom. The van der Waals surface area contributed by atoms with Gasteiger partial charge < -0.3 is 4.79 Å². The van der Waals surface area contributed by atoms with Gasteiger partial charge >= 0.3 is 0 Å². The minimum absolute atomic E-state index is 0.101. The highest BCUT2D eigenvalue weighted by atomic mass is 16.6. The van der Waals surface area contributed by atoms with Crippen molar-refractivity contribution in [2.45, 2.75) is 20.3 Å². The summed E-state index contributed by atoms with van der Waals surface area (Å²) in [5.74, 6) is 0.0908. The Kier molecular flexibility index (Phi) is 4.41. The van der Waals surface area contributed by atoms with E-state index in [2.05, 4.69) is 0 Å². The van der Waals surface area contributed by atoms with E-state index in [0.717, 1.165) is 6.29 Å². The molecule has 0 aromatic heterocycles. The normalized spacial score (nSPS) is 13.0. The van der Waals surface area contributed by atoms with E-state index in [1.54, 1.807) is 0 Å². The summed E-state index contributed by atoms with van der Waals surface area (Å²) in [4.78, 5) is 19.8. The van der Waals surface area contributed by atoms with E-state index in [0.29, 0.717) is 6.42 Å². The highest BCUT2D eigenvalue weighted by Gasteiger charge is 2.18. The first-order valence-electron chi connectivity index (χ1n) is 3.63. The number of carbonyl (C=O) groups excluding carboxylic acids is 1. The molecule has 0 radical (unpaired) electrons. The molecule has 0 bridgehead atoms. The molecule has 0 unspecified atom stereocenters. The zero-order valence-electron chi connectivity index (χ0n) is 6.82. The first-order chi connectivity index (χ1) is 5.07. The molecule has 0 aliphatic heterocycles. The van der Waals surface area contributed by atoms with Crippen molar-refractivity contribution in [2.24, 2.45) is 11.8 Å². The summed E-state index contributed by atoms with van der Waals surface area (Å²) >= 11 is 0. The van der Waals surface area contributed by atoms with E-state index in [1.807, 2.05) is 13.8 Å². The van der Waals surface area contributed by atoms with Gasteiger partial charge in [-0.2, -0.15) is 0 Å². The third-order valence-corrected chi connectivity index (χ3v) is 1.73. The monoisotopic (exact) mass is 159 g/mol. The van der Waals surface area contributed by atoms with Crippen LogP contribution in [0.4, 0.5) is 0 Å². The molecule has 0 aromatic rings. The Morgan fingerprint density at radius 2 is 2.09 bits per heavy atom. The summed E-state index contributed by atoms with van der Waals surface area (Å²) in [7, 11) is 0. The molecule has 0 rings (SSSR count). The molecular weight excluding hydrogens is 146 g/mol. The number of rotatable bonds is 5. The molecule has 0 heterocycles. The lowest BCUT2D eigenvalue weighted by atomic mass is 9.93. The van der Waals surface area contributed by atoms with Crippen LogP contribution in [-0.4, -0.2) is 17.8 Å². The molecule has 0 saturated heterocycles. The van der Waals surface area contributed by atoms with Crippen LogP contribution in [0.3, 0.4) is 0 Å². The number of hydrogen-bond acceptors (Lipinski definition) is 3. The van der Waals surface area contributed by atoms with E-state index in [1.165, 1.54) is 0 Å². The molecule has 4 heteroatoms. The fourth-order valence-corrected chi connectivity index (χ4v) is 0.873. The molecule has 0 aromatic carbocycles. The molecule has 0 fully saturated rings. The SMILES string of the molecule is CC(C)[C@@H](CC=O)C[N+](=O)[O-]. The lowest BCUT2D eigenvalue weighted by molar-refractivity contribution is -0.489. The van der Waals surface area contributed by atoms with E-state index in [4.69, 9.17) is 0 Å². The van der Waals surface area contributed by atoms with Crippen LogP contribution in [0.15, 0.2) is 0 Å². The van der Waals surface area contributed by atoms with E-state index >= 15 is 0 Å². The minimum atomic E-state index is -0.367. The first kappa shape index (κ1) is 10.1. The van der Waals surface area contributed by atoms with Crippen LogP contribution in [-0.2, 0) is 4.79 Å². The number of nitrogens with zero attached hydrogens (tertiary/aromatic N) is 1. The summed E-state index contributed by atoms with van der Waals surface area (Å²) in [5, 5.41) is 10.1. The van der Waals surface area contributed by atoms with Crippen molar-refractivity contribution in [1.29, 1.82) is 0 Å². The Labute approximate surface area is 65.7 Å². The fraction of sp³-hybridized carbons (Fsp3) is 0.857. The van der Waals surface area contributed by atoms with Gasteiger partial charge in [0.15, 0.2) is 0 Å². The lowest BCUT2D eigenvalue weighted by Crippen LogP contribution is -2.19. The molecular formula is C7H13NO3. The van der Waals surface area contributed by atoms with Gasteiger partial charge in [0.1, 0.15) is 6.29 Å². The summed E-state index contributed by atoms with van der Waals surface area (Å²) in [6.07, 6.45) is 1.03. The highest BCUT2D eigenvalue weighted by molar-refractivity contribution is 5.49. The maximum Gasteiger partial charge on any atom is 0.207 e. The number of aldehydes is 1. The average molecular weight is 159 g/mol. The fourth-order valence-electron chi connectivity index (χ4n) is 0.873. The predicted octanol–water partition coefficient (Wildman–Crippen LogP) is 1.12. The Hall–Kier alpha value is -0.930. The third kappa shape index (κ3) is 4.47. The molecule has 4 nitrogen and oxygen atoms in total. The molecule has 0 saturated carbocycles. The van der Waals surface area contributed by atoms with Crippen molar-refractivity contribution in [3.8, 4) is 0 Å². The lowest BCUT2D eigenvalue weighted by Gasteiger charge is -2.12. The van der Waals surface area contributed by atoms with E-state index in [9.17, 15) is 14.9 Å². The zero-order valence-corrected chi connectivity index (χ0v) is 6.82. The Balaban J connectivity index is 3.88. The topological polar surface area (TPSA) is 60.2 Å². The summed E-state index contributed by atoms with van der Waals surface area (Å²) in [6.45, 7) is 3.67. The van der Waals surface area contributed by atoms with Gasteiger partial charge in [-0.3, -0.25) is 10.1 Å². The second-order valence-corrected chi connectivity index (χ2v) is 2.92. The first-order valence-corrected chi connectivity index (χ1v) is 3.63. The zero-order chi connectivity index (χ0) is 8.85. The van der Waals surface area contributed by atoms with Gasteiger partial charge in [-0.05, 0) is 5.92 Å². The van der Waals surface area contributed by atoms with Crippen LogP contribution >= 0.6 is 0 Å². The standard InChI is InChI=1S/C7H13NO3/c1-6(2)7(3-4-9)5-8(10)11/h4,6-7H,3,5H2,1-2H3/t7-/m0/s1. The van der Waals surface area contributed by atoms with Gasteiger partial charge in [-0.25, -0.2) is 0 Å². The largest absolute Gasteiger partial charge is 0.303 e. The van der Waals surface area contributed by atoms with Gasteiger partial charge in [0.25, 0.3) is 0 Å². The second kappa shape index (κ2) is 4.82. The van der Waals surface area contributed by atoms with Crippen molar-refractivity contribution < 1.29 is 9.72 Å². The van der Waals surface area contributed by atoms with Crippen LogP contribution in [0.25, 0.3) is 0 Å². The van der Waals surface area contributed by atoms with Crippen LogP contribution in [0.2, 0.25) is 0 Å². The third-order valence-electron chi connectivity index (χ3n) is 1.73. The maximum atomic E-state index is 10.1. The Morgan fingerprint density at radius 1 is 1.55 bits per heavy atom. The maximum absolute atomic E-state index is 10.1. The van der Waals surface area contributed by atoms with Crippen molar-refractivity contribution in [1.82, 2.24) is 0 Å². The Bertz CT molecular complexity index is 145. The van der Waals surface area contributed by atoms with E-state index < -0.39 is 0 Å². The van der Waals surface area contributed by atoms with Crippen LogP contribution in [0, 0.1) is 22.0 Å². The quantitative estimate of drug-likeness (QED) is 0.343. The van der Waals surface area contributed by atoms with Gasteiger partial charge in [0.05, 0.1) is 0 Å². The van der Waals surface area contributed by atoms with Crippen molar-refractivity contribution >= 4 is 6.29 Å².